The van der Waals surface area contributed by atoms with Gasteiger partial charge in [-0.05, 0) is 104 Å². The zero-order valence-electron chi connectivity index (χ0n) is 26.3. The maximum absolute atomic E-state index is 5.51. The number of likely N-dealkylation sites (tertiary alicyclic amines) is 1. The van der Waals surface area contributed by atoms with E-state index in [9.17, 15) is 0 Å². The molecule has 0 aliphatic carbocycles. The van der Waals surface area contributed by atoms with Gasteiger partial charge in [0.1, 0.15) is 0 Å². The van der Waals surface area contributed by atoms with Crippen molar-refractivity contribution in [1.29, 1.82) is 0 Å². The van der Waals surface area contributed by atoms with Crippen molar-refractivity contribution in [2.45, 2.75) is 74.8 Å². The van der Waals surface area contributed by atoms with Crippen LogP contribution < -0.4 is 5.32 Å². The third-order valence-electron chi connectivity index (χ3n) is 7.26. The van der Waals surface area contributed by atoms with Crippen molar-refractivity contribution in [1.82, 2.24) is 15.2 Å². The highest BCUT2D eigenvalue weighted by molar-refractivity contribution is 5.63. The van der Waals surface area contributed by atoms with Crippen LogP contribution in [0.1, 0.15) is 84.9 Å². The summed E-state index contributed by atoms with van der Waals surface area (Å²) < 4.78 is 0. The summed E-state index contributed by atoms with van der Waals surface area (Å²) in [6.45, 7) is 27.9. The Morgan fingerprint density at radius 1 is 1.02 bits per heavy atom. The monoisotopic (exact) mass is 537 g/mol. The summed E-state index contributed by atoms with van der Waals surface area (Å²) >= 11 is 0. The highest BCUT2D eigenvalue weighted by Gasteiger charge is 2.24. The van der Waals surface area contributed by atoms with Gasteiger partial charge in [-0.2, -0.15) is 0 Å². The van der Waals surface area contributed by atoms with E-state index in [0.717, 1.165) is 55.0 Å². The first kappa shape index (κ1) is 34.3. The molecule has 3 heteroatoms. The first-order valence-corrected chi connectivity index (χ1v) is 14.7. The van der Waals surface area contributed by atoms with Crippen LogP contribution in [0.15, 0.2) is 102 Å². The van der Waals surface area contributed by atoms with Gasteiger partial charge >= 0.3 is 0 Å². The molecule has 0 saturated carbocycles. The van der Waals surface area contributed by atoms with Gasteiger partial charge in [-0.3, -0.25) is 4.98 Å². The summed E-state index contributed by atoms with van der Waals surface area (Å²) in [7, 11) is 0. The van der Waals surface area contributed by atoms with E-state index in [1.165, 1.54) is 27.9 Å². The second-order valence-corrected chi connectivity index (χ2v) is 9.56. The molecular weight excluding hydrogens is 486 g/mol. The van der Waals surface area contributed by atoms with Gasteiger partial charge in [0.25, 0.3) is 0 Å². The van der Waals surface area contributed by atoms with Gasteiger partial charge in [0.2, 0.25) is 0 Å². The molecule has 40 heavy (non-hydrogen) atoms. The topological polar surface area (TPSA) is 28.2 Å². The van der Waals surface area contributed by atoms with Crippen molar-refractivity contribution in [3.8, 4) is 12.3 Å². The Morgan fingerprint density at radius 2 is 1.65 bits per heavy atom. The molecule has 3 rings (SSSR count). The van der Waals surface area contributed by atoms with Gasteiger partial charge in [0, 0.05) is 49.0 Å². The Labute approximate surface area is 245 Å². The number of nitrogens with zero attached hydrogens (tertiary/aromatic N) is 2. The number of hydrogen-bond donors (Lipinski definition) is 1. The van der Waals surface area contributed by atoms with Crippen LogP contribution >= 0.6 is 0 Å². The normalized spacial score (nSPS) is 14.7. The molecule has 1 aromatic heterocycles. The lowest BCUT2D eigenvalue weighted by Gasteiger charge is -2.36. The number of hydrogen-bond acceptors (Lipinski definition) is 3. The number of terminal acetylenes is 1. The van der Waals surface area contributed by atoms with E-state index >= 15 is 0 Å². The fourth-order valence-electron chi connectivity index (χ4n) is 4.63. The largest absolute Gasteiger partial charge is 0.384 e. The van der Waals surface area contributed by atoms with Crippen molar-refractivity contribution >= 4 is 5.70 Å². The minimum Gasteiger partial charge on any atom is -0.384 e. The first-order chi connectivity index (χ1) is 19.3. The molecular formula is C37H51N3. The molecule has 1 N–H and O–H groups in total. The molecule has 1 saturated heterocycles. The van der Waals surface area contributed by atoms with Crippen LogP contribution in [0.4, 0.5) is 0 Å². The standard InChI is InChI=1S/C33H39N3.2C2H6/c1-8-24(3)26(5)27(6)33(21-25(4)35-23-30-11-10-18-34-22-30)32-16-19-36(20-17-32)28(7)31-14-12-29(9-2)13-15-31;2*1-2/h2,8,10-15,18,21-22,32,35H,1,7,16-17,19-20,23H2,3-6H3;2*1-2H3/b25-21+,26-24+,33-27+;;. The minimum absolute atomic E-state index is 0.487. The van der Waals surface area contributed by atoms with Crippen LogP contribution in [0.2, 0.25) is 0 Å². The lowest BCUT2D eigenvalue weighted by molar-refractivity contribution is 0.280. The Hall–Kier alpha value is -3.77. The SMILES string of the molecule is C#Cc1ccc(C(=C)N2CCC(C(/C=C(\C)NCc3cccnc3)=C(C)/C(C)=C(\C)C=C)CC2)cc1.CC.CC. The molecule has 2 aromatic rings. The number of aromatic nitrogens is 1. The Balaban J connectivity index is 0.00000191. The number of pyridine rings is 1. The third-order valence-corrected chi connectivity index (χ3v) is 7.26. The molecule has 0 atom stereocenters. The average molecular weight is 538 g/mol. The molecule has 0 unspecified atom stereocenters. The van der Waals surface area contributed by atoms with Gasteiger partial charge in [0.05, 0.1) is 0 Å². The molecule has 0 radical (unpaired) electrons. The Bertz CT molecular complexity index is 1200. The van der Waals surface area contributed by atoms with E-state index in [2.05, 4.69) is 86.2 Å². The van der Waals surface area contributed by atoms with E-state index < -0.39 is 0 Å². The molecule has 1 aliphatic heterocycles. The summed E-state index contributed by atoms with van der Waals surface area (Å²) in [6.07, 6.45) is 15.7. The Kier molecular flexibility index (Phi) is 15.8. The van der Waals surface area contributed by atoms with E-state index in [1.807, 2.05) is 58.2 Å². The molecule has 0 spiro atoms. The molecule has 0 bridgehead atoms. The van der Waals surface area contributed by atoms with Crippen molar-refractivity contribution in [3.05, 3.63) is 119 Å². The number of allylic oxidation sites excluding steroid dienone is 7. The van der Waals surface area contributed by atoms with Crippen LogP contribution in [-0.4, -0.2) is 23.0 Å². The third kappa shape index (κ3) is 10.1. The second-order valence-electron chi connectivity index (χ2n) is 9.56. The van der Waals surface area contributed by atoms with Crippen molar-refractivity contribution in [3.63, 3.8) is 0 Å². The molecule has 3 nitrogen and oxygen atoms in total. The van der Waals surface area contributed by atoms with E-state index in [0.29, 0.717) is 5.92 Å². The van der Waals surface area contributed by atoms with E-state index in [4.69, 9.17) is 6.42 Å². The van der Waals surface area contributed by atoms with Crippen LogP contribution in [-0.2, 0) is 6.54 Å². The molecule has 1 aliphatic rings. The second kappa shape index (κ2) is 18.5. The predicted octanol–water partition coefficient (Wildman–Crippen LogP) is 9.33. The van der Waals surface area contributed by atoms with Gasteiger partial charge in [-0.25, -0.2) is 0 Å². The quantitative estimate of drug-likeness (QED) is 0.255. The number of nitrogens with one attached hydrogen (secondary N) is 1. The van der Waals surface area contributed by atoms with E-state index in [-0.39, 0.29) is 0 Å². The van der Waals surface area contributed by atoms with Crippen molar-refractivity contribution < 1.29 is 0 Å². The molecule has 1 aromatic carbocycles. The lowest BCUT2D eigenvalue weighted by Crippen LogP contribution is -2.33. The average Bonchev–Trinajstić information content (AvgIpc) is 3.03. The fourth-order valence-corrected chi connectivity index (χ4v) is 4.63. The van der Waals surface area contributed by atoms with Crippen molar-refractivity contribution in [2.24, 2.45) is 5.92 Å². The highest BCUT2D eigenvalue weighted by atomic mass is 15.1. The zero-order valence-corrected chi connectivity index (χ0v) is 26.3. The van der Waals surface area contributed by atoms with Crippen molar-refractivity contribution in [2.75, 3.05) is 13.1 Å². The van der Waals surface area contributed by atoms with Gasteiger partial charge in [-0.1, -0.05) is 71.0 Å². The zero-order chi connectivity index (χ0) is 30.1. The van der Waals surface area contributed by atoms with Gasteiger partial charge in [-0.15, -0.1) is 6.42 Å². The van der Waals surface area contributed by atoms with Gasteiger partial charge < -0.3 is 10.2 Å². The van der Waals surface area contributed by atoms with Crippen LogP contribution in [0.25, 0.3) is 5.70 Å². The highest BCUT2D eigenvalue weighted by Crippen LogP contribution is 2.34. The number of rotatable bonds is 9. The van der Waals surface area contributed by atoms with Crippen LogP contribution in [0, 0.1) is 18.3 Å². The fraction of sp³-hybridized carbons (Fsp3) is 0.378. The smallest absolute Gasteiger partial charge is 0.0412 e. The Morgan fingerprint density at radius 3 is 2.17 bits per heavy atom. The maximum atomic E-state index is 5.51. The first-order valence-electron chi connectivity index (χ1n) is 14.7. The predicted molar refractivity (Wildman–Crippen MR) is 177 cm³/mol. The minimum atomic E-state index is 0.487. The summed E-state index contributed by atoms with van der Waals surface area (Å²) in [4.78, 5) is 6.63. The summed E-state index contributed by atoms with van der Waals surface area (Å²) in [5.74, 6) is 3.17. The van der Waals surface area contributed by atoms with Crippen LogP contribution in [0.3, 0.4) is 0 Å². The summed E-state index contributed by atoms with van der Waals surface area (Å²) in [6, 6.07) is 12.2. The maximum Gasteiger partial charge on any atom is 0.0412 e. The molecule has 2 heterocycles. The summed E-state index contributed by atoms with van der Waals surface area (Å²) in [5.41, 5.74) is 10.7. The molecule has 214 valence electrons. The molecule has 1 fully saturated rings. The number of benzene rings is 1. The van der Waals surface area contributed by atoms with Gasteiger partial charge in [0.15, 0.2) is 0 Å². The molecule has 0 amide bonds. The van der Waals surface area contributed by atoms with Crippen LogP contribution in [0.5, 0.6) is 0 Å². The number of piperidine rings is 1. The summed E-state index contributed by atoms with van der Waals surface area (Å²) in [5, 5.41) is 3.58. The van der Waals surface area contributed by atoms with E-state index in [1.54, 1.807) is 6.20 Å². The lowest BCUT2D eigenvalue weighted by atomic mass is 9.83.